The van der Waals surface area contributed by atoms with Crippen LogP contribution in [-0.4, -0.2) is 33.5 Å². The third-order valence-corrected chi connectivity index (χ3v) is 2.66. The van der Waals surface area contributed by atoms with Crippen LogP contribution in [0, 0.1) is 0 Å². The van der Waals surface area contributed by atoms with Gasteiger partial charge in [0, 0.05) is 11.8 Å². The maximum Gasteiger partial charge on any atom is 0.351 e. The zero-order chi connectivity index (χ0) is 13.3. The maximum atomic E-state index is 13.9. The summed E-state index contributed by atoms with van der Waals surface area (Å²) in [5.74, 6) is -0.00961. The molecule has 0 spiro atoms. The fourth-order valence-electron chi connectivity index (χ4n) is 1.76. The first-order chi connectivity index (χ1) is 8.58. The Kier molecular flexibility index (Phi) is 3.39. The van der Waals surface area contributed by atoms with Crippen molar-refractivity contribution in [2.75, 3.05) is 12.3 Å². The molecule has 1 aliphatic heterocycles. The summed E-state index contributed by atoms with van der Waals surface area (Å²) in [6, 6.07) is 1.29. The zero-order valence-corrected chi connectivity index (χ0v) is 9.16. The molecule has 3 N–H and O–H groups in total. The van der Waals surface area contributed by atoms with E-state index in [1.807, 2.05) is 0 Å². The van der Waals surface area contributed by atoms with Gasteiger partial charge < -0.3 is 15.6 Å². The average Bonchev–Trinajstić information content (AvgIpc) is 2.66. The number of nitrogens with two attached hydrogens (primary N) is 1. The van der Waals surface area contributed by atoms with Crippen molar-refractivity contribution in [3.8, 4) is 0 Å². The highest BCUT2D eigenvalue weighted by atomic mass is 19.1. The van der Waals surface area contributed by atoms with Gasteiger partial charge in [-0.2, -0.15) is 4.98 Å². The number of aromatic nitrogens is 2. The number of anilines is 1. The number of aliphatic hydroxyl groups is 1. The van der Waals surface area contributed by atoms with E-state index in [-0.39, 0.29) is 17.7 Å². The summed E-state index contributed by atoms with van der Waals surface area (Å²) in [5, 5.41) is 8.94. The second kappa shape index (κ2) is 4.83. The molecule has 3 unspecified atom stereocenters. The lowest BCUT2D eigenvalue weighted by Crippen LogP contribution is -2.30. The fraction of sp³-hybridized carbons (Fsp3) is 0.400. The van der Waals surface area contributed by atoms with E-state index in [0.29, 0.717) is 0 Å². The van der Waals surface area contributed by atoms with Crippen molar-refractivity contribution in [2.24, 2.45) is 0 Å². The molecular formula is C10H11F2N3O3. The summed E-state index contributed by atoms with van der Waals surface area (Å²) >= 11 is 0. The standard InChI is InChI=1S/C10H11F2N3O3/c11-3-5-6(4-16)18-9(8(5)12)15-2-1-7(13)14-10(15)17/h1-3,6,8-9,16H,4H2,(H2,13,14,17)/b5-3-. The summed E-state index contributed by atoms with van der Waals surface area (Å²) in [4.78, 5) is 14.9. The Hall–Kier alpha value is -1.80. The molecule has 2 heterocycles. The van der Waals surface area contributed by atoms with Crippen molar-refractivity contribution in [1.29, 1.82) is 0 Å². The number of nitrogens with zero attached hydrogens (tertiary/aromatic N) is 2. The third kappa shape index (κ3) is 2.00. The molecule has 2 rings (SSSR count). The molecule has 1 fully saturated rings. The summed E-state index contributed by atoms with van der Waals surface area (Å²) in [7, 11) is 0. The number of alkyl halides is 1. The smallest absolute Gasteiger partial charge is 0.351 e. The van der Waals surface area contributed by atoms with Gasteiger partial charge in [-0.25, -0.2) is 13.6 Å². The van der Waals surface area contributed by atoms with Gasteiger partial charge in [-0.3, -0.25) is 4.57 Å². The van der Waals surface area contributed by atoms with Gasteiger partial charge in [0.2, 0.25) is 0 Å². The Labute approximate surface area is 100 Å². The minimum absolute atomic E-state index is 0.00961. The second-order valence-electron chi connectivity index (χ2n) is 3.75. The highest BCUT2D eigenvalue weighted by Gasteiger charge is 2.41. The van der Waals surface area contributed by atoms with Gasteiger partial charge in [-0.05, 0) is 6.07 Å². The highest BCUT2D eigenvalue weighted by molar-refractivity contribution is 5.24. The van der Waals surface area contributed by atoms with Gasteiger partial charge in [0.15, 0.2) is 12.4 Å². The van der Waals surface area contributed by atoms with Crippen LogP contribution in [0.1, 0.15) is 6.23 Å². The van der Waals surface area contributed by atoms with E-state index in [9.17, 15) is 13.6 Å². The minimum Gasteiger partial charge on any atom is -0.393 e. The molecule has 0 radical (unpaired) electrons. The van der Waals surface area contributed by atoms with E-state index in [4.69, 9.17) is 15.6 Å². The fourth-order valence-corrected chi connectivity index (χ4v) is 1.76. The van der Waals surface area contributed by atoms with Crippen molar-refractivity contribution in [3.63, 3.8) is 0 Å². The molecule has 98 valence electrons. The molecule has 1 aliphatic rings. The molecule has 0 bridgehead atoms. The zero-order valence-electron chi connectivity index (χ0n) is 9.16. The average molecular weight is 259 g/mol. The molecule has 8 heteroatoms. The summed E-state index contributed by atoms with van der Waals surface area (Å²) in [5.41, 5.74) is 4.15. The number of hydrogen-bond acceptors (Lipinski definition) is 5. The summed E-state index contributed by atoms with van der Waals surface area (Å²) in [6.07, 6.45) is -3.08. The van der Waals surface area contributed by atoms with Crippen molar-refractivity contribution < 1.29 is 18.6 Å². The van der Waals surface area contributed by atoms with Gasteiger partial charge in [0.25, 0.3) is 0 Å². The Morgan fingerprint density at radius 1 is 1.67 bits per heavy atom. The summed E-state index contributed by atoms with van der Waals surface area (Å²) in [6.45, 7) is -0.580. The number of rotatable bonds is 2. The predicted octanol–water partition coefficient (Wildman–Crippen LogP) is -0.0933. The van der Waals surface area contributed by atoms with Gasteiger partial charge in [0.1, 0.15) is 11.9 Å². The van der Waals surface area contributed by atoms with Gasteiger partial charge in [-0.1, -0.05) is 0 Å². The van der Waals surface area contributed by atoms with E-state index in [2.05, 4.69) is 4.98 Å². The first-order valence-electron chi connectivity index (χ1n) is 5.13. The normalized spacial score (nSPS) is 29.9. The van der Waals surface area contributed by atoms with Crippen LogP contribution in [-0.2, 0) is 4.74 Å². The number of ether oxygens (including phenoxy) is 1. The molecule has 1 saturated heterocycles. The largest absolute Gasteiger partial charge is 0.393 e. The molecular weight excluding hydrogens is 248 g/mol. The molecule has 18 heavy (non-hydrogen) atoms. The molecule has 1 aromatic rings. The SMILES string of the molecule is Nc1ccn(C2OC(CO)/C(=C/F)C2F)c(=O)n1. The number of aliphatic hydroxyl groups excluding tert-OH is 1. The van der Waals surface area contributed by atoms with E-state index in [1.54, 1.807) is 0 Å². The van der Waals surface area contributed by atoms with Crippen LogP contribution in [0.25, 0.3) is 0 Å². The van der Waals surface area contributed by atoms with Crippen molar-refractivity contribution in [3.05, 3.63) is 34.7 Å². The van der Waals surface area contributed by atoms with Crippen molar-refractivity contribution >= 4 is 5.82 Å². The van der Waals surface area contributed by atoms with E-state index < -0.39 is 30.8 Å². The number of halogens is 2. The minimum atomic E-state index is -1.87. The Morgan fingerprint density at radius 2 is 2.39 bits per heavy atom. The Morgan fingerprint density at radius 3 is 2.89 bits per heavy atom. The van der Waals surface area contributed by atoms with Crippen molar-refractivity contribution in [1.82, 2.24) is 9.55 Å². The predicted molar refractivity (Wildman–Crippen MR) is 58.0 cm³/mol. The maximum absolute atomic E-state index is 13.9. The number of hydrogen-bond donors (Lipinski definition) is 2. The van der Waals surface area contributed by atoms with Crippen LogP contribution in [0.4, 0.5) is 14.6 Å². The molecule has 3 atom stereocenters. The molecule has 0 amide bonds. The Bertz CT molecular complexity index is 531. The van der Waals surface area contributed by atoms with E-state index >= 15 is 0 Å². The molecule has 1 aromatic heterocycles. The lowest BCUT2D eigenvalue weighted by atomic mass is 10.1. The highest BCUT2D eigenvalue weighted by Crippen LogP contribution is 2.34. The summed E-state index contributed by atoms with van der Waals surface area (Å²) < 4.78 is 32.4. The second-order valence-corrected chi connectivity index (χ2v) is 3.75. The van der Waals surface area contributed by atoms with Crippen LogP contribution >= 0.6 is 0 Å². The van der Waals surface area contributed by atoms with E-state index in [1.165, 1.54) is 12.3 Å². The quantitative estimate of drug-likeness (QED) is 0.774. The van der Waals surface area contributed by atoms with Gasteiger partial charge >= 0.3 is 5.69 Å². The van der Waals surface area contributed by atoms with Crippen LogP contribution < -0.4 is 11.4 Å². The van der Waals surface area contributed by atoms with Crippen LogP contribution in [0.5, 0.6) is 0 Å². The topological polar surface area (TPSA) is 90.4 Å². The lowest BCUT2D eigenvalue weighted by molar-refractivity contribution is -0.0375. The number of nitrogen functional groups attached to an aromatic ring is 1. The Balaban J connectivity index is 2.38. The van der Waals surface area contributed by atoms with Gasteiger partial charge in [0.05, 0.1) is 12.9 Å². The molecule has 0 saturated carbocycles. The third-order valence-electron chi connectivity index (χ3n) is 2.66. The lowest BCUT2D eigenvalue weighted by Gasteiger charge is -2.15. The van der Waals surface area contributed by atoms with Crippen LogP contribution in [0.15, 0.2) is 29.0 Å². The van der Waals surface area contributed by atoms with Crippen molar-refractivity contribution in [2.45, 2.75) is 18.5 Å². The van der Waals surface area contributed by atoms with Crippen LogP contribution in [0.2, 0.25) is 0 Å². The van der Waals surface area contributed by atoms with Gasteiger partial charge in [-0.15, -0.1) is 0 Å². The molecule has 0 aromatic carbocycles. The molecule has 0 aliphatic carbocycles. The van der Waals surface area contributed by atoms with Crippen LogP contribution in [0.3, 0.4) is 0 Å². The van der Waals surface area contributed by atoms with E-state index in [0.717, 1.165) is 4.57 Å². The molecule has 6 nitrogen and oxygen atoms in total. The monoisotopic (exact) mass is 259 g/mol. The first kappa shape index (κ1) is 12.7. The first-order valence-corrected chi connectivity index (χ1v) is 5.13.